The Morgan fingerprint density at radius 2 is 1.85 bits per heavy atom. The Labute approximate surface area is 236 Å². The molecule has 1 aromatic heterocycles. The predicted molar refractivity (Wildman–Crippen MR) is 146 cm³/mol. The SMILES string of the molecule is CC(C)N1C[C@]2(C[C@@H](OCc3ccccc3)C2)n2cc(C(=O)NCc3ccc(F)cc3F)c(=O)c(O)c2C1=O.Cl. The van der Waals surface area contributed by atoms with Crippen molar-refractivity contribution in [1.82, 2.24) is 14.8 Å². The van der Waals surface area contributed by atoms with Crippen LogP contribution in [0.3, 0.4) is 0 Å². The monoisotopic (exact) mass is 573 g/mol. The van der Waals surface area contributed by atoms with Gasteiger partial charge in [0, 0.05) is 37.0 Å². The van der Waals surface area contributed by atoms with E-state index in [-0.39, 0.29) is 47.9 Å². The van der Waals surface area contributed by atoms with Gasteiger partial charge in [0.1, 0.15) is 17.2 Å². The molecule has 2 aromatic carbocycles. The number of carbonyl (C=O) groups excluding carboxylic acids is 2. The highest BCUT2D eigenvalue weighted by atomic mass is 35.5. The molecule has 40 heavy (non-hydrogen) atoms. The summed E-state index contributed by atoms with van der Waals surface area (Å²) < 4.78 is 34.9. The normalized spacial score (nSPS) is 19.7. The van der Waals surface area contributed by atoms with E-state index in [2.05, 4.69) is 5.32 Å². The minimum absolute atomic E-state index is 0. The fraction of sp³-hybridized carbons (Fsp3) is 0.345. The van der Waals surface area contributed by atoms with Crippen LogP contribution in [0, 0.1) is 11.6 Å². The fourth-order valence-corrected chi connectivity index (χ4v) is 5.32. The lowest BCUT2D eigenvalue weighted by Crippen LogP contribution is -2.63. The Kier molecular flexibility index (Phi) is 8.32. The van der Waals surface area contributed by atoms with Crippen LogP contribution in [-0.4, -0.2) is 45.1 Å². The molecule has 0 radical (unpaired) electrons. The first-order valence-electron chi connectivity index (χ1n) is 12.8. The summed E-state index contributed by atoms with van der Waals surface area (Å²) in [5.41, 5.74) is -1.16. The second-order valence-electron chi connectivity index (χ2n) is 10.4. The van der Waals surface area contributed by atoms with Crippen molar-refractivity contribution in [1.29, 1.82) is 0 Å². The summed E-state index contributed by atoms with van der Waals surface area (Å²) >= 11 is 0. The lowest BCUT2D eigenvalue weighted by molar-refractivity contribution is -0.0969. The molecule has 1 aliphatic heterocycles. The third kappa shape index (κ3) is 5.33. The number of amides is 2. The number of pyridine rings is 1. The molecule has 2 N–H and O–H groups in total. The summed E-state index contributed by atoms with van der Waals surface area (Å²) in [5.74, 6) is -3.75. The average molecular weight is 574 g/mol. The van der Waals surface area contributed by atoms with E-state index in [0.29, 0.717) is 32.1 Å². The molecule has 0 saturated heterocycles. The number of ether oxygens (including phenoxy) is 1. The van der Waals surface area contributed by atoms with Crippen LogP contribution >= 0.6 is 12.4 Å². The van der Waals surface area contributed by atoms with E-state index in [1.54, 1.807) is 9.47 Å². The Balaban J connectivity index is 0.00000370. The van der Waals surface area contributed by atoms with Crippen molar-refractivity contribution >= 4 is 24.2 Å². The number of halogens is 3. The van der Waals surface area contributed by atoms with E-state index < -0.39 is 40.2 Å². The molecule has 3 aromatic rings. The van der Waals surface area contributed by atoms with Gasteiger partial charge in [-0.1, -0.05) is 36.4 Å². The topological polar surface area (TPSA) is 101 Å². The molecule has 1 spiro atoms. The lowest BCUT2D eigenvalue weighted by Gasteiger charge is -2.55. The smallest absolute Gasteiger partial charge is 0.274 e. The summed E-state index contributed by atoms with van der Waals surface area (Å²) in [6, 6.07) is 12.5. The van der Waals surface area contributed by atoms with Crippen molar-refractivity contribution in [3.8, 4) is 5.75 Å². The number of nitrogens with one attached hydrogen (secondary N) is 1. The van der Waals surface area contributed by atoms with Crippen LogP contribution in [0.1, 0.15) is 58.7 Å². The number of aromatic nitrogens is 1. The number of carbonyl (C=O) groups is 2. The number of hydrogen-bond donors (Lipinski definition) is 2. The number of nitrogens with zero attached hydrogens (tertiary/aromatic N) is 2. The third-order valence-electron chi connectivity index (χ3n) is 7.49. The molecule has 0 bridgehead atoms. The van der Waals surface area contributed by atoms with Crippen molar-refractivity contribution in [3.63, 3.8) is 0 Å². The number of benzene rings is 2. The Hall–Kier alpha value is -3.76. The highest BCUT2D eigenvalue weighted by molar-refractivity contribution is 5.99. The first kappa shape index (κ1) is 29.2. The van der Waals surface area contributed by atoms with Crippen molar-refractivity contribution in [3.05, 3.63) is 99.0 Å². The largest absolute Gasteiger partial charge is 0.503 e. The van der Waals surface area contributed by atoms with Crippen molar-refractivity contribution < 1.29 is 28.2 Å². The highest BCUT2D eigenvalue weighted by Gasteiger charge is 2.53. The van der Waals surface area contributed by atoms with Crippen LogP contribution < -0.4 is 10.7 Å². The molecule has 8 nitrogen and oxygen atoms in total. The maximum atomic E-state index is 14.0. The second-order valence-corrected chi connectivity index (χ2v) is 10.4. The molecule has 5 rings (SSSR count). The summed E-state index contributed by atoms with van der Waals surface area (Å²) in [4.78, 5) is 40.9. The van der Waals surface area contributed by atoms with Gasteiger partial charge in [0.25, 0.3) is 11.8 Å². The quantitative estimate of drug-likeness (QED) is 0.443. The molecule has 2 heterocycles. The first-order valence-corrected chi connectivity index (χ1v) is 12.8. The van der Waals surface area contributed by atoms with Crippen LogP contribution in [0.25, 0.3) is 0 Å². The Morgan fingerprint density at radius 3 is 2.50 bits per heavy atom. The van der Waals surface area contributed by atoms with Gasteiger partial charge in [-0.05, 0) is 38.3 Å². The van der Waals surface area contributed by atoms with Crippen LogP contribution in [0.2, 0.25) is 0 Å². The van der Waals surface area contributed by atoms with Crippen molar-refractivity contribution in [2.24, 2.45) is 0 Å². The molecule has 11 heteroatoms. The van der Waals surface area contributed by atoms with E-state index >= 15 is 0 Å². The Bertz CT molecular complexity index is 1490. The van der Waals surface area contributed by atoms with Gasteiger partial charge in [-0.2, -0.15) is 0 Å². The number of aromatic hydroxyl groups is 1. The van der Waals surface area contributed by atoms with Crippen molar-refractivity contribution in [2.45, 2.75) is 57.5 Å². The molecule has 0 unspecified atom stereocenters. The molecule has 1 fully saturated rings. The average Bonchev–Trinajstić information content (AvgIpc) is 2.88. The van der Waals surface area contributed by atoms with Gasteiger partial charge in [-0.15, -0.1) is 12.4 Å². The maximum absolute atomic E-state index is 14.0. The predicted octanol–water partition coefficient (Wildman–Crippen LogP) is 4.12. The van der Waals surface area contributed by atoms with Gasteiger partial charge in [-0.25, -0.2) is 8.78 Å². The van der Waals surface area contributed by atoms with E-state index in [0.717, 1.165) is 11.6 Å². The summed E-state index contributed by atoms with van der Waals surface area (Å²) in [5, 5.41) is 13.3. The zero-order chi connectivity index (χ0) is 27.9. The number of rotatable bonds is 7. The Morgan fingerprint density at radius 1 is 1.15 bits per heavy atom. The second kappa shape index (κ2) is 11.4. The van der Waals surface area contributed by atoms with Crippen LogP contribution in [0.4, 0.5) is 8.78 Å². The van der Waals surface area contributed by atoms with Crippen LogP contribution in [0.5, 0.6) is 5.75 Å². The molecule has 0 atom stereocenters. The zero-order valence-electron chi connectivity index (χ0n) is 22.0. The van der Waals surface area contributed by atoms with E-state index in [1.165, 1.54) is 12.3 Å². The van der Waals surface area contributed by atoms with Crippen molar-refractivity contribution in [2.75, 3.05) is 6.54 Å². The molecular formula is C29H30ClF2N3O5. The maximum Gasteiger partial charge on any atom is 0.274 e. The minimum Gasteiger partial charge on any atom is -0.503 e. The van der Waals surface area contributed by atoms with Crippen LogP contribution in [-0.2, 0) is 23.4 Å². The van der Waals surface area contributed by atoms with E-state index in [4.69, 9.17) is 4.74 Å². The van der Waals surface area contributed by atoms with Gasteiger partial charge >= 0.3 is 0 Å². The first-order chi connectivity index (χ1) is 18.6. The van der Waals surface area contributed by atoms with Gasteiger partial charge in [0.15, 0.2) is 11.4 Å². The summed E-state index contributed by atoms with van der Waals surface area (Å²) in [6.45, 7) is 4.16. The van der Waals surface area contributed by atoms with Crippen LogP contribution in [0.15, 0.2) is 59.5 Å². The zero-order valence-corrected chi connectivity index (χ0v) is 22.8. The minimum atomic E-state index is -0.997. The lowest BCUT2D eigenvalue weighted by atomic mass is 9.71. The third-order valence-corrected chi connectivity index (χ3v) is 7.49. The molecule has 212 valence electrons. The molecule has 1 aliphatic carbocycles. The van der Waals surface area contributed by atoms with Gasteiger partial charge in [0.2, 0.25) is 5.43 Å². The number of hydrogen-bond acceptors (Lipinski definition) is 5. The fourth-order valence-electron chi connectivity index (χ4n) is 5.32. The molecule has 1 saturated carbocycles. The molecule has 2 aliphatic rings. The van der Waals surface area contributed by atoms with E-state index in [1.807, 2.05) is 44.2 Å². The van der Waals surface area contributed by atoms with Gasteiger partial charge in [0.05, 0.1) is 18.2 Å². The number of fused-ring (bicyclic) bond motifs is 2. The van der Waals surface area contributed by atoms with E-state index in [9.17, 15) is 28.3 Å². The summed E-state index contributed by atoms with van der Waals surface area (Å²) in [6.07, 6.45) is 2.19. The standard InChI is InChI=1S/C29H29F2N3O5.ClH/c1-17(2)33-16-29(11-21(12-29)39-15-18-6-4-3-5-7-18)34-14-22(25(35)26(36)24(34)28(33)38)27(37)32-13-19-8-9-20(30)10-23(19)31;/h3-10,14,17,21,36H,11-13,15-16H2,1-2H3,(H,32,37);1H/t21-,29-;. The molecule has 2 amide bonds. The van der Waals surface area contributed by atoms with Gasteiger partial charge < -0.3 is 24.6 Å². The van der Waals surface area contributed by atoms with Gasteiger partial charge in [-0.3, -0.25) is 14.4 Å². The highest BCUT2D eigenvalue weighted by Crippen LogP contribution is 2.46. The summed E-state index contributed by atoms with van der Waals surface area (Å²) in [7, 11) is 0. The molecular weight excluding hydrogens is 544 g/mol.